The van der Waals surface area contributed by atoms with Crippen molar-refractivity contribution < 1.29 is 9.53 Å². The normalized spacial score (nSPS) is 11.3. The van der Waals surface area contributed by atoms with Crippen LogP contribution in [0.3, 0.4) is 0 Å². The molecule has 1 aromatic carbocycles. The molecule has 0 saturated heterocycles. The molecule has 0 radical (unpaired) electrons. The number of aromatic amines is 1. The van der Waals surface area contributed by atoms with Gasteiger partial charge in [0.05, 0.1) is 24.1 Å². The number of nitrogens with one attached hydrogen (secondary N) is 1. The summed E-state index contributed by atoms with van der Waals surface area (Å²) < 4.78 is 6.93. The molecule has 5 nitrogen and oxygen atoms in total. The van der Waals surface area contributed by atoms with Gasteiger partial charge in [-0.15, -0.1) is 0 Å². The molecule has 0 spiro atoms. The van der Waals surface area contributed by atoms with Gasteiger partial charge in [0.1, 0.15) is 5.52 Å². The Kier molecular flexibility index (Phi) is 3.94. The van der Waals surface area contributed by atoms with Crippen LogP contribution in [0.4, 0.5) is 0 Å². The van der Waals surface area contributed by atoms with Gasteiger partial charge in [-0.25, -0.2) is 0 Å². The number of H-pyrrole nitrogens is 1. The molecule has 0 bridgehead atoms. The molecule has 120 valence electrons. The van der Waals surface area contributed by atoms with Gasteiger partial charge in [0.2, 0.25) is 0 Å². The third kappa shape index (κ3) is 2.74. The van der Waals surface area contributed by atoms with Crippen LogP contribution >= 0.6 is 0 Å². The zero-order valence-electron chi connectivity index (χ0n) is 13.6. The minimum atomic E-state index is -0.219. The number of ether oxygens (including phenoxy) is 1. The number of nitrogens with zero attached hydrogens (tertiary/aromatic N) is 1. The van der Waals surface area contributed by atoms with Gasteiger partial charge in [-0.3, -0.25) is 9.59 Å². The van der Waals surface area contributed by atoms with Crippen molar-refractivity contribution in [2.24, 2.45) is 0 Å². The summed E-state index contributed by atoms with van der Waals surface area (Å²) in [5.41, 5.74) is 5.46. The fourth-order valence-electron chi connectivity index (χ4n) is 2.87. The lowest BCUT2D eigenvalue weighted by atomic mass is 10.1. The summed E-state index contributed by atoms with van der Waals surface area (Å²) in [5, 5.41) is 0. The number of aromatic nitrogens is 2. The number of carbonyl (C=O) groups is 1. The molecule has 0 amide bonds. The highest BCUT2D eigenvalue weighted by molar-refractivity contribution is 5.80. The second-order valence-corrected chi connectivity index (χ2v) is 5.76. The van der Waals surface area contributed by atoms with E-state index in [2.05, 4.69) is 11.1 Å². The first-order chi connectivity index (χ1) is 11.0. The van der Waals surface area contributed by atoms with Gasteiger partial charge >= 0.3 is 5.97 Å². The largest absolute Gasteiger partial charge is 0.466 e. The Labute approximate surface area is 133 Å². The molecule has 0 saturated carbocycles. The van der Waals surface area contributed by atoms with Gasteiger partial charge in [-0.2, -0.15) is 0 Å². The van der Waals surface area contributed by atoms with E-state index in [0.717, 1.165) is 27.9 Å². The Bertz CT molecular complexity index is 950. The molecule has 5 heteroatoms. The lowest BCUT2D eigenvalue weighted by Gasteiger charge is -2.10. The number of hydrogen-bond donors (Lipinski definition) is 1. The van der Waals surface area contributed by atoms with Crippen molar-refractivity contribution in [3.05, 3.63) is 51.4 Å². The monoisotopic (exact) mass is 312 g/mol. The molecule has 23 heavy (non-hydrogen) atoms. The van der Waals surface area contributed by atoms with E-state index < -0.39 is 0 Å². The predicted octanol–water partition coefficient (Wildman–Crippen LogP) is 2.89. The van der Waals surface area contributed by atoms with Crippen LogP contribution in [0.2, 0.25) is 0 Å². The third-order valence-electron chi connectivity index (χ3n) is 4.19. The van der Waals surface area contributed by atoms with Gasteiger partial charge in [0.25, 0.3) is 5.56 Å². The van der Waals surface area contributed by atoms with Crippen LogP contribution < -0.4 is 5.56 Å². The topological polar surface area (TPSA) is 63.6 Å². The van der Waals surface area contributed by atoms with Gasteiger partial charge in [-0.05, 0) is 62.6 Å². The smallest absolute Gasteiger partial charge is 0.306 e. The lowest BCUT2D eigenvalue weighted by Crippen LogP contribution is -2.12. The summed E-state index contributed by atoms with van der Waals surface area (Å²) in [6.07, 6.45) is 0.845. The lowest BCUT2D eigenvalue weighted by molar-refractivity contribution is -0.143. The van der Waals surface area contributed by atoms with Crippen molar-refractivity contribution in [2.45, 2.75) is 33.6 Å². The maximum absolute atomic E-state index is 12.3. The number of carbonyl (C=O) groups excluding carboxylic acids is 1. The van der Waals surface area contributed by atoms with E-state index in [1.807, 2.05) is 30.4 Å². The minimum Gasteiger partial charge on any atom is -0.466 e. The van der Waals surface area contributed by atoms with Crippen molar-refractivity contribution >= 4 is 22.5 Å². The SMILES string of the molecule is CCOC(=O)CCc1ccc2c(=O)[nH]c3cc(C)c(C)cc3n12. The first-order valence-corrected chi connectivity index (χ1v) is 7.80. The van der Waals surface area contributed by atoms with Crippen LogP contribution in [-0.2, 0) is 16.0 Å². The molecular weight excluding hydrogens is 292 g/mol. The fraction of sp³-hybridized carbons (Fsp3) is 0.333. The number of rotatable bonds is 4. The van der Waals surface area contributed by atoms with Crippen molar-refractivity contribution in [1.82, 2.24) is 9.38 Å². The summed E-state index contributed by atoms with van der Waals surface area (Å²) in [4.78, 5) is 26.8. The molecule has 0 unspecified atom stereocenters. The highest BCUT2D eigenvalue weighted by Gasteiger charge is 2.12. The summed E-state index contributed by atoms with van der Waals surface area (Å²) in [6, 6.07) is 7.76. The highest BCUT2D eigenvalue weighted by Crippen LogP contribution is 2.20. The van der Waals surface area contributed by atoms with Crippen LogP contribution in [0.5, 0.6) is 0 Å². The average molecular weight is 312 g/mol. The molecule has 0 aliphatic rings. The van der Waals surface area contributed by atoms with Gasteiger partial charge in [0, 0.05) is 5.69 Å². The van der Waals surface area contributed by atoms with Crippen LogP contribution in [0.15, 0.2) is 29.1 Å². The van der Waals surface area contributed by atoms with E-state index in [1.54, 1.807) is 13.0 Å². The van der Waals surface area contributed by atoms with E-state index in [9.17, 15) is 9.59 Å². The maximum Gasteiger partial charge on any atom is 0.306 e. The van der Waals surface area contributed by atoms with Crippen LogP contribution in [0.25, 0.3) is 16.6 Å². The molecule has 0 aliphatic carbocycles. The molecule has 2 heterocycles. The van der Waals surface area contributed by atoms with Gasteiger partial charge in [0.15, 0.2) is 0 Å². The van der Waals surface area contributed by atoms with Crippen molar-refractivity contribution in [3.63, 3.8) is 0 Å². The zero-order chi connectivity index (χ0) is 16.6. The van der Waals surface area contributed by atoms with Crippen molar-refractivity contribution in [3.8, 4) is 0 Å². The molecule has 0 fully saturated rings. The third-order valence-corrected chi connectivity index (χ3v) is 4.19. The minimum absolute atomic E-state index is 0.122. The number of aryl methyl sites for hydroxylation is 3. The summed E-state index contributed by atoms with van der Waals surface area (Å²) >= 11 is 0. The number of esters is 1. The molecule has 3 aromatic rings. The predicted molar refractivity (Wildman–Crippen MR) is 90.0 cm³/mol. The van der Waals surface area contributed by atoms with Crippen LogP contribution in [0.1, 0.15) is 30.2 Å². The van der Waals surface area contributed by atoms with Gasteiger partial charge in [-0.1, -0.05) is 0 Å². The molecule has 0 atom stereocenters. The number of benzene rings is 1. The second kappa shape index (κ2) is 5.91. The zero-order valence-corrected chi connectivity index (χ0v) is 13.6. The van der Waals surface area contributed by atoms with E-state index in [-0.39, 0.29) is 11.5 Å². The number of fused-ring (bicyclic) bond motifs is 3. The average Bonchev–Trinajstić information content (AvgIpc) is 2.93. The molecule has 0 aliphatic heterocycles. The number of hydrogen-bond acceptors (Lipinski definition) is 3. The summed E-state index contributed by atoms with van der Waals surface area (Å²) in [7, 11) is 0. The van der Waals surface area contributed by atoms with E-state index >= 15 is 0 Å². The second-order valence-electron chi connectivity index (χ2n) is 5.76. The molecule has 1 N–H and O–H groups in total. The first kappa shape index (κ1) is 15.3. The van der Waals surface area contributed by atoms with Crippen LogP contribution in [0, 0.1) is 13.8 Å². The summed E-state index contributed by atoms with van der Waals surface area (Å²) in [5.74, 6) is -0.219. The quantitative estimate of drug-likeness (QED) is 0.753. The van der Waals surface area contributed by atoms with Crippen LogP contribution in [-0.4, -0.2) is 22.0 Å². The summed E-state index contributed by atoms with van der Waals surface area (Å²) in [6.45, 7) is 6.25. The van der Waals surface area contributed by atoms with E-state index in [0.29, 0.717) is 25.0 Å². The molecule has 2 aromatic heterocycles. The first-order valence-electron chi connectivity index (χ1n) is 7.80. The van der Waals surface area contributed by atoms with Crippen molar-refractivity contribution in [2.75, 3.05) is 6.61 Å². The maximum atomic E-state index is 12.3. The Hall–Kier alpha value is -2.56. The van der Waals surface area contributed by atoms with Crippen molar-refractivity contribution in [1.29, 1.82) is 0 Å². The Morgan fingerprint density at radius 2 is 1.91 bits per heavy atom. The standard InChI is InChI=1S/C18H20N2O3/c1-4-23-17(21)8-6-13-5-7-15-18(22)19-14-9-11(2)12(3)10-16(14)20(13)15/h5,7,9-10H,4,6,8H2,1-3H3,(H,19,22). The molecular formula is C18H20N2O3. The van der Waals surface area contributed by atoms with E-state index in [4.69, 9.17) is 4.74 Å². The van der Waals surface area contributed by atoms with E-state index in [1.165, 1.54) is 0 Å². The Morgan fingerprint density at radius 1 is 1.17 bits per heavy atom. The highest BCUT2D eigenvalue weighted by atomic mass is 16.5. The molecule has 3 rings (SSSR count). The Morgan fingerprint density at radius 3 is 2.65 bits per heavy atom. The fourth-order valence-corrected chi connectivity index (χ4v) is 2.87. The Balaban J connectivity index is 2.14. The van der Waals surface area contributed by atoms with Gasteiger partial charge < -0.3 is 14.1 Å².